The molecule has 1 heterocycles. The second-order valence-corrected chi connectivity index (χ2v) is 3.77. The molecule has 1 aromatic rings. The van der Waals surface area contributed by atoms with E-state index in [1.165, 1.54) is 11.4 Å². The van der Waals surface area contributed by atoms with Crippen molar-refractivity contribution in [2.24, 2.45) is 7.05 Å². The highest BCUT2D eigenvalue weighted by molar-refractivity contribution is 5.97. The average molecular weight is 191 g/mol. The van der Waals surface area contributed by atoms with E-state index in [1.807, 2.05) is 20.0 Å². The van der Waals surface area contributed by atoms with Crippen LogP contribution in [0.1, 0.15) is 30.8 Å². The predicted octanol–water partition coefficient (Wildman–Crippen LogP) is 2.63. The van der Waals surface area contributed by atoms with Gasteiger partial charge in [0.1, 0.15) is 0 Å². The van der Waals surface area contributed by atoms with Crippen molar-refractivity contribution in [2.45, 2.75) is 27.7 Å². The van der Waals surface area contributed by atoms with Crippen LogP contribution in [-0.4, -0.2) is 10.4 Å². The summed E-state index contributed by atoms with van der Waals surface area (Å²) in [7, 11) is 2.03. The molecule has 0 aliphatic carbocycles. The molecular weight excluding hydrogens is 174 g/mol. The lowest BCUT2D eigenvalue weighted by Crippen LogP contribution is -1.94. The number of aromatic nitrogens is 1. The Morgan fingerprint density at radius 1 is 1.36 bits per heavy atom. The van der Waals surface area contributed by atoms with Gasteiger partial charge in [0, 0.05) is 18.4 Å². The Kier molecular flexibility index (Phi) is 2.94. The zero-order chi connectivity index (χ0) is 10.9. The van der Waals surface area contributed by atoms with Crippen LogP contribution in [0.25, 0.3) is 6.08 Å². The van der Waals surface area contributed by atoms with E-state index in [2.05, 4.69) is 24.5 Å². The topological polar surface area (TPSA) is 22.0 Å². The summed E-state index contributed by atoms with van der Waals surface area (Å²) in [6, 6.07) is 2.10. The van der Waals surface area contributed by atoms with Crippen LogP contribution in [0.2, 0.25) is 0 Å². The third-order valence-corrected chi connectivity index (χ3v) is 2.74. The van der Waals surface area contributed by atoms with Gasteiger partial charge in [-0.05, 0) is 51.0 Å². The fourth-order valence-corrected chi connectivity index (χ4v) is 1.37. The minimum atomic E-state index is 0.130. The molecule has 0 aliphatic rings. The number of hydrogen-bond acceptors (Lipinski definition) is 1. The standard InChI is InChI=1S/C12H17NO/c1-8(11(4)14)6-12-7-9(2)13(5)10(12)3/h6-7H,1-5H3/b8-6+. The molecule has 0 N–H and O–H groups in total. The highest BCUT2D eigenvalue weighted by Gasteiger charge is 2.04. The van der Waals surface area contributed by atoms with Gasteiger partial charge in [0.25, 0.3) is 0 Å². The monoisotopic (exact) mass is 191 g/mol. The number of Topliss-reactive ketones (excluding diaryl/α,β-unsaturated/α-hetero) is 1. The summed E-state index contributed by atoms with van der Waals surface area (Å²) in [4.78, 5) is 11.1. The zero-order valence-corrected chi connectivity index (χ0v) is 9.51. The van der Waals surface area contributed by atoms with Gasteiger partial charge in [0.05, 0.1) is 0 Å². The van der Waals surface area contributed by atoms with Crippen molar-refractivity contribution in [3.63, 3.8) is 0 Å². The molecule has 0 saturated carbocycles. The second kappa shape index (κ2) is 3.82. The molecule has 14 heavy (non-hydrogen) atoms. The summed E-state index contributed by atoms with van der Waals surface area (Å²) in [6.07, 6.45) is 1.95. The highest BCUT2D eigenvalue weighted by Crippen LogP contribution is 2.16. The van der Waals surface area contributed by atoms with Gasteiger partial charge in [-0.15, -0.1) is 0 Å². The van der Waals surface area contributed by atoms with E-state index in [0.29, 0.717) is 0 Å². The van der Waals surface area contributed by atoms with Gasteiger partial charge in [0.2, 0.25) is 0 Å². The maximum atomic E-state index is 11.1. The summed E-state index contributed by atoms with van der Waals surface area (Å²) in [5.74, 6) is 0.130. The van der Waals surface area contributed by atoms with Gasteiger partial charge in [-0.2, -0.15) is 0 Å². The van der Waals surface area contributed by atoms with Gasteiger partial charge in [0.15, 0.2) is 5.78 Å². The van der Waals surface area contributed by atoms with Crippen LogP contribution in [0.4, 0.5) is 0 Å². The summed E-state index contributed by atoms with van der Waals surface area (Å²) < 4.78 is 2.12. The van der Waals surface area contributed by atoms with Crippen molar-refractivity contribution in [2.75, 3.05) is 0 Å². The molecule has 0 amide bonds. The van der Waals surface area contributed by atoms with Crippen molar-refractivity contribution in [3.05, 3.63) is 28.6 Å². The zero-order valence-electron chi connectivity index (χ0n) is 9.51. The first kappa shape index (κ1) is 10.8. The minimum absolute atomic E-state index is 0.130. The van der Waals surface area contributed by atoms with Crippen molar-refractivity contribution >= 4 is 11.9 Å². The quantitative estimate of drug-likeness (QED) is 0.659. The SMILES string of the molecule is CC(=O)/C(C)=C/c1cc(C)n(C)c1C. The van der Waals surface area contributed by atoms with Gasteiger partial charge >= 0.3 is 0 Å². The van der Waals surface area contributed by atoms with Crippen LogP contribution >= 0.6 is 0 Å². The van der Waals surface area contributed by atoms with Crippen molar-refractivity contribution in [1.29, 1.82) is 0 Å². The Morgan fingerprint density at radius 3 is 2.29 bits per heavy atom. The first-order valence-corrected chi connectivity index (χ1v) is 4.75. The van der Waals surface area contributed by atoms with E-state index in [4.69, 9.17) is 0 Å². The van der Waals surface area contributed by atoms with Crippen molar-refractivity contribution < 1.29 is 4.79 Å². The largest absolute Gasteiger partial charge is 0.352 e. The smallest absolute Gasteiger partial charge is 0.155 e. The van der Waals surface area contributed by atoms with Gasteiger partial charge in [-0.3, -0.25) is 4.79 Å². The Balaban J connectivity index is 3.16. The molecule has 0 aromatic carbocycles. The van der Waals surface area contributed by atoms with E-state index in [-0.39, 0.29) is 5.78 Å². The molecule has 0 fully saturated rings. The summed E-state index contributed by atoms with van der Waals surface area (Å²) in [5, 5.41) is 0. The number of ketones is 1. The number of nitrogens with zero attached hydrogens (tertiary/aromatic N) is 1. The normalized spacial score (nSPS) is 11.9. The van der Waals surface area contributed by atoms with Crippen LogP contribution in [-0.2, 0) is 11.8 Å². The fraction of sp³-hybridized carbons (Fsp3) is 0.417. The minimum Gasteiger partial charge on any atom is -0.352 e. The number of allylic oxidation sites excluding steroid dienone is 1. The first-order chi connectivity index (χ1) is 6.43. The fourth-order valence-electron chi connectivity index (χ4n) is 1.37. The first-order valence-electron chi connectivity index (χ1n) is 4.75. The van der Waals surface area contributed by atoms with E-state index >= 15 is 0 Å². The molecule has 1 rings (SSSR count). The van der Waals surface area contributed by atoms with E-state index in [0.717, 1.165) is 11.1 Å². The van der Waals surface area contributed by atoms with Gasteiger partial charge < -0.3 is 4.57 Å². The molecule has 1 aromatic heterocycles. The van der Waals surface area contributed by atoms with Crippen LogP contribution in [0, 0.1) is 13.8 Å². The number of carbonyl (C=O) groups excluding carboxylic acids is 1. The maximum Gasteiger partial charge on any atom is 0.155 e. The molecule has 0 unspecified atom stereocenters. The summed E-state index contributed by atoms with van der Waals surface area (Å²) in [6.45, 7) is 7.57. The molecule has 0 atom stereocenters. The van der Waals surface area contributed by atoms with Crippen LogP contribution in [0.3, 0.4) is 0 Å². The number of hydrogen-bond donors (Lipinski definition) is 0. The van der Waals surface area contributed by atoms with E-state index in [1.54, 1.807) is 6.92 Å². The molecule has 0 radical (unpaired) electrons. The lowest BCUT2D eigenvalue weighted by Gasteiger charge is -1.99. The Bertz CT molecular complexity index is 397. The lowest BCUT2D eigenvalue weighted by atomic mass is 10.1. The number of aryl methyl sites for hydroxylation is 1. The predicted molar refractivity (Wildman–Crippen MR) is 59.2 cm³/mol. The summed E-state index contributed by atoms with van der Waals surface area (Å²) >= 11 is 0. The average Bonchev–Trinajstić information content (AvgIpc) is 2.33. The van der Waals surface area contributed by atoms with E-state index in [9.17, 15) is 4.79 Å². The third kappa shape index (κ3) is 1.95. The second-order valence-electron chi connectivity index (χ2n) is 3.77. The molecule has 0 bridgehead atoms. The molecule has 0 spiro atoms. The molecular formula is C12H17NO. The number of rotatable bonds is 2. The van der Waals surface area contributed by atoms with Crippen molar-refractivity contribution in [3.8, 4) is 0 Å². The number of carbonyl (C=O) groups is 1. The van der Waals surface area contributed by atoms with E-state index < -0.39 is 0 Å². The maximum absolute atomic E-state index is 11.1. The Labute approximate surface area is 85.2 Å². The summed E-state index contributed by atoms with van der Waals surface area (Å²) in [5.41, 5.74) is 4.35. The molecule has 2 nitrogen and oxygen atoms in total. The van der Waals surface area contributed by atoms with Gasteiger partial charge in [-0.1, -0.05) is 0 Å². The molecule has 0 aliphatic heterocycles. The van der Waals surface area contributed by atoms with Crippen molar-refractivity contribution in [1.82, 2.24) is 4.57 Å². The highest BCUT2D eigenvalue weighted by atomic mass is 16.1. The van der Waals surface area contributed by atoms with Gasteiger partial charge in [-0.25, -0.2) is 0 Å². The van der Waals surface area contributed by atoms with Crippen LogP contribution in [0.5, 0.6) is 0 Å². The Morgan fingerprint density at radius 2 is 1.93 bits per heavy atom. The van der Waals surface area contributed by atoms with Crippen LogP contribution in [0.15, 0.2) is 11.6 Å². The molecule has 76 valence electrons. The molecule has 2 heteroatoms. The van der Waals surface area contributed by atoms with Crippen LogP contribution < -0.4 is 0 Å². The lowest BCUT2D eigenvalue weighted by molar-refractivity contribution is -0.113. The molecule has 0 saturated heterocycles. The Hall–Kier alpha value is -1.31. The third-order valence-electron chi connectivity index (χ3n) is 2.74.